The number of carbonyl (C=O) groups excluding carboxylic acids is 1. The topological polar surface area (TPSA) is 29.1 Å². The highest BCUT2D eigenvalue weighted by Crippen LogP contribution is 2.26. The molecule has 24 heavy (non-hydrogen) atoms. The molecule has 2 heteroatoms. The van der Waals surface area contributed by atoms with E-state index >= 15 is 0 Å². The first-order chi connectivity index (χ1) is 11.8. The minimum Gasteiger partial charge on any atom is -0.300 e. The van der Waals surface area contributed by atoms with Crippen LogP contribution in [-0.2, 0) is 0 Å². The highest BCUT2D eigenvalue weighted by atomic mass is 16.1. The third-order valence-electron chi connectivity index (χ3n) is 4.26. The molecular weight excluding hydrogens is 294 g/mol. The van der Waals surface area contributed by atoms with Crippen molar-refractivity contribution in [1.29, 1.82) is 0 Å². The van der Waals surface area contributed by atoms with E-state index in [2.05, 4.69) is 60.8 Å². The molecule has 2 nitrogen and oxygen atoms in total. The Morgan fingerprint density at radius 1 is 0.708 bits per heavy atom. The lowest BCUT2D eigenvalue weighted by molar-refractivity contribution is 0.112. The highest BCUT2D eigenvalue weighted by Gasteiger charge is 2.17. The van der Waals surface area contributed by atoms with Crippen LogP contribution in [-0.4, -0.2) is 6.29 Å². The van der Waals surface area contributed by atoms with Gasteiger partial charge in [-0.05, 0) is 23.6 Å². The van der Waals surface area contributed by atoms with E-state index in [0.717, 1.165) is 11.8 Å². The minimum absolute atomic E-state index is 0.0714. The van der Waals surface area contributed by atoms with Crippen molar-refractivity contribution in [1.82, 2.24) is 5.32 Å². The number of hydrogen-bond donors (Lipinski definition) is 1. The van der Waals surface area contributed by atoms with Gasteiger partial charge in [0.15, 0.2) is 0 Å². The second-order valence-electron chi connectivity index (χ2n) is 5.93. The first kappa shape index (κ1) is 16.2. The van der Waals surface area contributed by atoms with Gasteiger partial charge in [0.2, 0.25) is 0 Å². The number of rotatable bonds is 6. The molecule has 0 bridgehead atoms. The molecule has 0 aromatic heterocycles. The summed E-state index contributed by atoms with van der Waals surface area (Å²) in [6, 6.07) is 28.9. The molecule has 0 aliphatic rings. The normalized spacial score (nSPS) is 13.2. The Hall–Kier alpha value is -2.71. The monoisotopic (exact) mass is 315 g/mol. The lowest BCUT2D eigenvalue weighted by atomic mass is 9.96. The fourth-order valence-electron chi connectivity index (χ4n) is 2.89. The van der Waals surface area contributed by atoms with Crippen molar-refractivity contribution in [3.63, 3.8) is 0 Å². The second kappa shape index (κ2) is 7.71. The third-order valence-corrected chi connectivity index (χ3v) is 4.26. The Kier molecular flexibility index (Phi) is 5.19. The summed E-state index contributed by atoms with van der Waals surface area (Å²) in [5.41, 5.74) is 4.30. The van der Waals surface area contributed by atoms with Crippen LogP contribution in [0.25, 0.3) is 0 Å². The number of carbonyl (C=O) groups is 1. The predicted octanol–water partition coefficient (Wildman–Crippen LogP) is 4.94. The van der Waals surface area contributed by atoms with Gasteiger partial charge in [-0.3, -0.25) is 10.1 Å². The van der Waals surface area contributed by atoms with Gasteiger partial charge in [0.05, 0.1) is 6.04 Å². The van der Waals surface area contributed by atoms with Crippen molar-refractivity contribution in [2.45, 2.75) is 19.0 Å². The fraction of sp³-hybridized carbons (Fsp3) is 0.136. The average molecular weight is 315 g/mol. The highest BCUT2D eigenvalue weighted by molar-refractivity contribution is 5.74. The summed E-state index contributed by atoms with van der Waals surface area (Å²) < 4.78 is 0. The number of benzene rings is 3. The van der Waals surface area contributed by atoms with E-state index in [1.165, 1.54) is 11.1 Å². The zero-order valence-electron chi connectivity index (χ0n) is 13.7. The van der Waals surface area contributed by atoms with Gasteiger partial charge in [0, 0.05) is 11.6 Å². The van der Waals surface area contributed by atoms with Crippen LogP contribution in [0.3, 0.4) is 0 Å². The minimum atomic E-state index is 0.0714. The van der Waals surface area contributed by atoms with Crippen LogP contribution in [0.15, 0.2) is 84.9 Å². The van der Waals surface area contributed by atoms with Crippen molar-refractivity contribution in [2.75, 3.05) is 0 Å². The maximum absolute atomic E-state index is 10.9. The summed E-state index contributed by atoms with van der Waals surface area (Å²) in [4.78, 5) is 10.9. The van der Waals surface area contributed by atoms with Crippen molar-refractivity contribution in [3.05, 3.63) is 107 Å². The summed E-state index contributed by atoms with van der Waals surface area (Å²) >= 11 is 0. The molecule has 0 heterocycles. The van der Waals surface area contributed by atoms with Crippen LogP contribution in [0.4, 0.5) is 0 Å². The quantitative estimate of drug-likeness (QED) is 0.653. The van der Waals surface area contributed by atoms with Gasteiger partial charge in [-0.1, -0.05) is 84.9 Å². The van der Waals surface area contributed by atoms with Crippen molar-refractivity contribution in [2.24, 2.45) is 0 Å². The summed E-state index contributed by atoms with van der Waals surface area (Å²) in [6.45, 7) is 2.17. The zero-order chi connectivity index (χ0) is 16.8. The molecule has 0 aliphatic heterocycles. The Balaban J connectivity index is 1.91. The molecule has 0 saturated carbocycles. The summed E-state index contributed by atoms with van der Waals surface area (Å²) in [6.07, 6.45) is 0.876. The fourth-order valence-corrected chi connectivity index (χ4v) is 2.89. The van der Waals surface area contributed by atoms with E-state index < -0.39 is 0 Å². The van der Waals surface area contributed by atoms with Crippen LogP contribution in [0.2, 0.25) is 0 Å². The van der Waals surface area contributed by atoms with Crippen LogP contribution in [0.1, 0.15) is 46.1 Å². The lowest BCUT2D eigenvalue weighted by Crippen LogP contribution is -2.25. The maximum atomic E-state index is 10.9. The standard InChI is InChI=1S/C22H21NO/c1-17(19-8-4-2-5-9-19)23-22(20-10-6-3-7-11-20)21-14-12-18(16-24)13-15-21/h2-17,22-23H,1H3/t17-,22?/m1/s1. The summed E-state index contributed by atoms with van der Waals surface area (Å²) in [7, 11) is 0. The predicted molar refractivity (Wildman–Crippen MR) is 98.1 cm³/mol. The molecular formula is C22H21NO. The van der Waals surface area contributed by atoms with Gasteiger partial charge in [0.1, 0.15) is 6.29 Å². The molecule has 0 saturated heterocycles. The van der Waals surface area contributed by atoms with Crippen molar-refractivity contribution < 1.29 is 4.79 Å². The van der Waals surface area contributed by atoms with Gasteiger partial charge < -0.3 is 0 Å². The van der Waals surface area contributed by atoms with Gasteiger partial charge in [0.25, 0.3) is 0 Å². The summed E-state index contributed by atoms with van der Waals surface area (Å²) in [5, 5.41) is 3.71. The molecule has 0 fully saturated rings. The van der Waals surface area contributed by atoms with Crippen LogP contribution in [0, 0.1) is 0 Å². The van der Waals surface area contributed by atoms with E-state index in [9.17, 15) is 4.79 Å². The first-order valence-electron chi connectivity index (χ1n) is 8.19. The molecule has 3 aromatic rings. The molecule has 0 aliphatic carbocycles. The molecule has 0 radical (unpaired) electrons. The Labute approximate surface area is 143 Å². The smallest absolute Gasteiger partial charge is 0.150 e. The Morgan fingerprint density at radius 3 is 1.75 bits per heavy atom. The summed E-state index contributed by atoms with van der Waals surface area (Å²) in [5.74, 6) is 0. The van der Waals surface area contributed by atoms with Crippen molar-refractivity contribution >= 4 is 6.29 Å². The van der Waals surface area contributed by atoms with Gasteiger partial charge in [-0.15, -0.1) is 0 Å². The number of aldehydes is 1. The van der Waals surface area contributed by atoms with Crippen LogP contribution < -0.4 is 5.32 Å². The van der Waals surface area contributed by atoms with E-state index in [0.29, 0.717) is 5.56 Å². The average Bonchev–Trinajstić information content (AvgIpc) is 2.67. The van der Waals surface area contributed by atoms with Crippen molar-refractivity contribution in [3.8, 4) is 0 Å². The second-order valence-corrected chi connectivity index (χ2v) is 5.93. The van der Waals surface area contributed by atoms with Gasteiger partial charge in [-0.2, -0.15) is 0 Å². The Bertz CT molecular complexity index is 766. The van der Waals surface area contributed by atoms with E-state index in [4.69, 9.17) is 0 Å². The van der Waals surface area contributed by atoms with Gasteiger partial charge in [-0.25, -0.2) is 0 Å². The van der Waals surface area contributed by atoms with E-state index in [1.807, 2.05) is 36.4 Å². The molecule has 3 aromatic carbocycles. The lowest BCUT2D eigenvalue weighted by Gasteiger charge is -2.25. The SMILES string of the molecule is C[C@@H](NC(c1ccccc1)c1ccc(C=O)cc1)c1ccccc1. The maximum Gasteiger partial charge on any atom is 0.150 e. The molecule has 3 rings (SSSR count). The largest absolute Gasteiger partial charge is 0.300 e. The third kappa shape index (κ3) is 3.79. The molecule has 1 N–H and O–H groups in total. The van der Waals surface area contributed by atoms with Crippen LogP contribution in [0.5, 0.6) is 0 Å². The molecule has 0 spiro atoms. The zero-order valence-corrected chi connectivity index (χ0v) is 13.7. The first-order valence-corrected chi connectivity index (χ1v) is 8.19. The molecule has 2 atom stereocenters. The number of nitrogens with one attached hydrogen (secondary N) is 1. The number of hydrogen-bond acceptors (Lipinski definition) is 2. The van der Waals surface area contributed by atoms with E-state index in [1.54, 1.807) is 0 Å². The molecule has 1 unspecified atom stereocenters. The Morgan fingerprint density at radius 2 is 1.21 bits per heavy atom. The molecule has 0 amide bonds. The van der Waals surface area contributed by atoms with E-state index in [-0.39, 0.29) is 12.1 Å². The molecule has 120 valence electrons. The van der Waals surface area contributed by atoms with Gasteiger partial charge >= 0.3 is 0 Å². The van der Waals surface area contributed by atoms with Crippen LogP contribution >= 0.6 is 0 Å².